The van der Waals surface area contributed by atoms with E-state index in [4.69, 9.17) is 0 Å². The molecule has 2 aromatic rings. The Balaban J connectivity index is 1.23. The number of nitrogens with zero attached hydrogens (tertiary/aromatic N) is 5. The van der Waals surface area contributed by atoms with E-state index in [0.29, 0.717) is 18.5 Å². The van der Waals surface area contributed by atoms with Gasteiger partial charge in [0.2, 0.25) is 5.91 Å². The van der Waals surface area contributed by atoms with Crippen LogP contribution in [0.4, 0.5) is 0 Å². The standard InChI is InChI=1S/C22H31N5O/c1-19-5-2-3-11-26(19)22(28)18-25-15-13-24(14-16-25)17-20-6-8-21(9-7-20)27-12-4-10-23-27/h4,6-10,12,19H,2-3,5,11,13-18H2,1H3. The van der Waals surface area contributed by atoms with Gasteiger partial charge in [0.1, 0.15) is 0 Å². The number of hydrogen-bond donors (Lipinski definition) is 0. The quantitative estimate of drug-likeness (QED) is 0.798. The van der Waals surface area contributed by atoms with E-state index in [9.17, 15) is 4.79 Å². The highest BCUT2D eigenvalue weighted by Gasteiger charge is 2.26. The van der Waals surface area contributed by atoms with Crippen LogP contribution in [0.25, 0.3) is 5.69 Å². The van der Waals surface area contributed by atoms with Gasteiger partial charge in [-0.05, 0) is 49.9 Å². The Labute approximate surface area is 167 Å². The van der Waals surface area contributed by atoms with Gasteiger partial charge in [-0.15, -0.1) is 0 Å². The maximum Gasteiger partial charge on any atom is 0.236 e. The van der Waals surface area contributed by atoms with Gasteiger partial charge in [0.25, 0.3) is 0 Å². The molecule has 2 fully saturated rings. The van der Waals surface area contributed by atoms with E-state index in [-0.39, 0.29) is 0 Å². The first kappa shape index (κ1) is 19.2. The summed E-state index contributed by atoms with van der Waals surface area (Å²) in [6, 6.07) is 11.0. The molecule has 0 bridgehead atoms. The van der Waals surface area contributed by atoms with Crippen molar-refractivity contribution in [2.45, 2.75) is 38.8 Å². The number of likely N-dealkylation sites (tertiary alicyclic amines) is 1. The highest BCUT2D eigenvalue weighted by Crippen LogP contribution is 2.17. The van der Waals surface area contributed by atoms with Crippen molar-refractivity contribution in [1.82, 2.24) is 24.5 Å². The number of hydrogen-bond acceptors (Lipinski definition) is 4. The lowest BCUT2D eigenvalue weighted by atomic mass is 10.0. The fourth-order valence-corrected chi connectivity index (χ4v) is 4.29. The molecule has 0 N–H and O–H groups in total. The van der Waals surface area contributed by atoms with Gasteiger partial charge >= 0.3 is 0 Å². The summed E-state index contributed by atoms with van der Waals surface area (Å²) in [5, 5.41) is 4.27. The minimum Gasteiger partial charge on any atom is -0.339 e. The highest BCUT2D eigenvalue weighted by atomic mass is 16.2. The van der Waals surface area contributed by atoms with E-state index in [1.807, 2.05) is 16.9 Å². The van der Waals surface area contributed by atoms with Crippen LogP contribution in [0.3, 0.4) is 0 Å². The molecule has 6 heteroatoms. The molecule has 1 atom stereocenters. The summed E-state index contributed by atoms with van der Waals surface area (Å²) in [7, 11) is 0. The Kier molecular flexibility index (Phi) is 6.07. The van der Waals surface area contributed by atoms with Gasteiger partial charge in [0, 0.05) is 57.7 Å². The second kappa shape index (κ2) is 8.88. The van der Waals surface area contributed by atoms with Gasteiger partial charge in [-0.3, -0.25) is 14.6 Å². The Morgan fingerprint density at radius 2 is 1.79 bits per heavy atom. The van der Waals surface area contributed by atoms with E-state index < -0.39 is 0 Å². The molecule has 28 heavy (non-hydrogen) atoms. The molecule has 2 aliphatic rings. The molecule has 150 valence electrons. The van der Waals surface area contributed by atoms with Crippen LogP contribution in [-0.4, -0.2) is 75.7 Å². The molecule has 2 saturated heterocycles. The van der Waals surface area contributed by atoms with Crippen LogP contribution in [0.15, 0.2) is 42.7 Å². The average molecular weight is 382 g/mol. The van der Waals surface area contributed by atoms with Crippen molar-refractivity contribution in [2.24, 2.45) is 0 Å². The van der Waals surface area contributed by atoms with Crippen LogP contribution < -0.4 is 0 Å². The number of piperazine rings is 1. The lowest BCUT2D eigenvalue weighted by molar-refractivity contribution is -0.136. The van der Waals surface area contributed by atoms with Gasteiger partial charge in [-0.2, -0.15) is 5.10 Å². The van der Waals surface area contributed by atoms with Crippen molar-refractivity contribution in [3.8, 4) is 5.69 Å². The topological polar surface area (TPSA) is 44.6 Å². The minimum atomic E-state index is 0.315. The molecule has 2 aliphatic heterocycles. The Bertz CT molecular complexity index is 750. The van der Waals surface area contributed by atoms with Crippen molar-refractivity contribution >= 4 is 5.91 Å². The maximum absolute atomic E-state index is 12.6. The minimum absolute atomic E-state index is 0.315. The predicted molar refractivity (Wildman–Crippen MR) is 110 cm³/mol. The van der Waals surface area contributed by atoms with Crippen molar-refractivity contribution < 1.29 is 4.79 Å². The molecule has 1 aromatic carbocycles. The summed E-state index contributed by atoms with van der Waals surface area (Å²) in [5.74, 6) is 0.315. The number of aromatic nitrogens is 2. The highest BCUT2D eigenvalue weighted by molar-refractivity contribution is 5.78. The largest absolute Gasteiger partial charge is 0.339 e. The first-order valence-corrected chi connectivity index (χ1v) is 10.5. The average Bonchev–Trinajstić information content (AvgIpc) is 3.25. The summed E-state index contributed by atoms with van der Waals surface area (Å²) in [6.45, 7) is 8.65. The first-order valence-electron chi connectivity index (χ1n) is 10.5. The van der Waals surface area contributed by atoms with E-state index in [0.717, 1.165) is 57.8 Å². The van der Waals surface area contributed by atoms with Gasteiger partial charge in [0.15, 0.2) is 0 Å². The maximum atomic E-state index is 12.6. The second-order valence-corrected chi connectivity index (χ2v) is 8.10. The van der Waals surface area contributed by atoms with Crippen LogP contribution in [0.2, 0.25) is 0 Å². The first-order chi connectivity index (χ1) is 13.7. The Morgan fingerprint density at radius 1 is 1.04 bits per heavy atom. The number of amides is 1. The molecule has 4 rings (SSSR count). The number of piperidine rings is 1. The van der Waals surface area contributed by atoms with Crippen molar-refractivity contribution in [1.29, 1.82) is 0 Å². The summed E-state index contributed by atoms with van der Waals surface area (Å²) in [4.78, 5) is 19.5. The molecule has 6 nitrogen and oxygen atoms in total. The molecular formula is C22H31N5O. The second-order valence-electron chi connectivity index (χ2n) is 8.10. The summed E-state index contributed by atoms with van der Waals surface area (Å²) in [6.07, 6.45) is 7.32. The van der Waals surface area contributed by atoms with Crippen LogP contribution in [0, 0.1) is 0 Å². The molecule has 0 radical (unpaired) electrons. The zero-order valence-electron chi connectivity index (χ0n) is 16.8. The van der Waals surface area contributed by atoms with Crippen LogP contribution in [-0.2, 0) is 11.3 Å². The molecule has 3 heterocycles. The van der Waals surface area contributed by atoms with Crippen molar-refractivity contribution in [3.05, 3.63) is 48.3 Å². The van der Waals surface area contributed by atoms with Crippen molar-refractivity contribution in [2.75, 3.05) is 39.3 Å². The predicted octanol–water partition coefficient (Wildman–Crippen LogP) is 2.39. The van der Waals surface area contributed by atoms with Gasteiger partial charge in [-0.1, -0.05) is 12.1 Å². The molecule has 0 saturated carbocycles. The lowest BCUT2D eigenvalue weighted by Crippen LogP contribution is -2.51. The fourth-order valence-electron chi connectivity index (χ4n) is 4.29. The van der Waals surface area contributed by atoms with Gasteiger partial charge < -0.3 is 4.90 Å². The molecule has 0 aliphatic carbocycles. The third-order valence-corrected chi connectivity index (χ3v) is 6.06. The summed E-state index contributed by atoms with van der Waals surface area (Å²) >= 11 is 0. The third kappa shape index (κ3) is 4.62. The number of carbonyl (C=O) groups is 1. The SMILES string of the molecule is CC1CCCCN1C(=O)CN1CCN(Cc2ccc(-n3cccn3)cc2)CC1. The molecule has 1 amide bonds. The zero-order valence-corrected chi connectivity index (χ0v) is 16.8. The third-order valence-electron chi connectivity index (χ3n) is 6.06. The summed E-state index contributed by atoms with van der Waals surface area (Å²) in [5.41, 5.74) is 2.41. The van der Waals surface area contributed by atoms with E-state index in [2.05, 4.69) is 51.0 Å². The van der Waals surface area contributed by atoms with E-state index in [1.54, 1.807) is 6.20 Å². The Hall–Kier alpha value is -2.18. The van der Waals surface area contributed by atoms with Gasteiger partial charge in [-0.25, -0.2) is 4.68 Å². The monoisotopic (exact) mass is 381 g/mol. The molecule has 1 aromatic heterocycles. The zero-order chi connectivity index (χ0) is 19.3. The fraction of sp³-hybridized carbons (Fsp3) is 0.545. The number of benzene rings is 1. The smallest absolute Gasteiger partial charge is 0.236 e. The van der Waals surface area contributed by atoms with E-state index >= 15 is 0 Å². The molecule has 1 unspecified atom stereocenters. The number of carbonyl (C=O) groups excluding carboxylic acids is 1. The lowest BCUT2D eigenvalue weighted by Gasteiger charge is -2.38. The molecule has 0 spiro atoms. The van der Waals surface area contributed by atoms with E-state index in [1.165, 1.54) is 12.0 Å². The summed E-state index contributed by atoms with van der Waals surface area (Å²) < 4.78 is 1.88. The van der Waals surface area contributed by atoms with Crippen LogP contribution in [0.1, 0.15) is 31.7 Å². The normalized spacial score (nSPS) is 21.8. The van der Waals surface area contributed by atoms with Crippen molar-refractivity contribution in [3.63, 3.8) is 0 Å². The molecular weight excluding hydrogens is 350 g/mol. The number of rotatable bonds is 5. The van der Waals surface area contributed by atoms with Gasteiger partial charge in [0.05, 0.1) is 12.2 Å². The van der Waals surface area contributed by atoms with Crippen LogP contribution >= 0.6 is 0 Å². The van der Waals surface area contributed by atoms with Crippen LogP contribution in [0.5, 0.6) is 0 Å². The Morgan fingerprint density at radius 3 is 2.46 bits per heavy atom.